The summed E-state index contributed by atoms with van der Waals surface area (Å²) in [7, 11) is 3.08. The van der Waals surface area contributed by atoms with Crippen LogP contribution < -0.4 is 20.1 Å². The Hall–Kier alpha value is -6.21. The highest BCUT2D eigenvalue weighted by molar-refractivity contribution is 7.99. The van der Waals surface area contributed by atoms with E-state index in [1.807, 2.05) is 48.5 Å². The molecule has 2 amide bonds. The first kappa shape index (κ1) is 46.3. The smallest absolute Gasteiger partial charge is 0.335 e. The van der Waals surface area contributed by atoms with Gasteiger partial charge in [-0.2, -0.15) is 0 Å². The molecule has 0 unspecified atom stereocenters. The molecular formula is C48H36Cl4N2O8S. The summed E-state index contributed by atoms with van der Waals surface area (Å²) in [5, 5.41) is 24.6. The summed E-state index contributed by atoms with van der Waals surface area (Å²) in [5.41, 5.74) is 5.07. The molecule has 0 atom stereocenters. The van der Waals surface area contributed by atoms with Gasteiger partial charge in [-0.25, -0.2) is 9.59 Å². The van der Waals surface area contributed by atoms with Gasteiger partial charge in [0.25, 0.3) is 0 Å². The molecular weight excluding hydrogens is 906 g/mol. The van der Waals surface area contributed by atoms with Crippen LogP contribution in [0.3, 0.4) is 0 Å². The molecule has 0 saturated carbocycles. The van der Waals surface area contributed by atoms with Crippen LogP contribution in [0, 0.1) is 0 Å². The van der Waals surface area contributed by atoms with E-state index in [2.05, 4.69) is 10.6 Å². The van der Waals surface area contributed by atoms with Gasteiger partial charge in [0.2, 0.25) is 11.8 Å². The number of aromatic carboxylic acids is 2. The molecule has 0 heterocycles. The lowest BCUT2D eigenvalue weighted by Gasteiger charge is -2.19. The molecule has 0 saturated heterocycles. The first-order valence-electron chi connectivity index (χ1n) is 18.8. The number of para-hydroxylation sites is 2. The zero-order chi connectivity index (χ0) is 45.2. The number of ether oxygens (including phenoxy) is 2. The third kappa shape index (κ3) is 11.2. The maximum Gasteiger partial charge on any atom is 0.335 e. The van der Waals surface area contributed by atoms with Crippen molar-refractivity contribution in [1.29, 1.82) is 0 Å². The van der Waals surface area contributed by atoms with E-state index in [9.17, 15) is 29.4 Å². The van der Waals surface area contributed by atoms with Crippen molar-refractivity contribution >= 4 is 94.1 Å². The number of nitrogens with one attached hydrogen (secondary N) is 2. The van der Waals surface area contributed by atoms with Gasteiger partial charge in [-0.1, -0.05) is 119 Å². The van der Waals surface area contributed by atoms with Gasteiger partial charge in [-0.3, -0.25) is 9.59 Å². The molecule has 0 bridgehead atoms. The predicted molar refractivity (Wildman–Crippen MR) is 250 cm³/mol. The second-order valence-electron chi connectivity index (χ2n) is 13.5. The summed E-state index contributed by atoms with van der Waals surface area (Å²) in [6.45, 7) is 0.307. The van der Waals surface area contributed by atoms with Gasteiger partial charge in [0.15, 0.2) is 0 Å². The fourth-order valence-corrected chi connectivity index (χ4v) is 8.51. The van der Waals surface area contributed by atoms with Crippen LogP contribution in [0.4, 0.5) is 0 Å². The summed E-state index contributed by atoms with van der Waals surface area (Å²) in [4.78, 5) is 49.6. The molecule has 320 valence electrons. The van der Waals surface area contributed by atoms with Gasteiger partial charge in [0, 0.05) is 57.3 Å². The fraction of sp³-hybridized carbons (Fsp3) is 0.0833. The maximum absolute atomic E-state index is 13.1. The SMILES string of the molecule is COc1ccccc1-c1cc(Sc2cc(-c3ccccc3OC)c(C=CC(=O)NCc3ccc(C(=O)O)cc3)c(Cl)c2Cl)c(Cl)c(Cl)c1C=CC(=O)NCc1ccc(C(=O)O)cc1. The molecule has 15 heteroatoms. The second-order valence-corrected chi connectivity index (χ2v) is 16.1. The summed E-state index contributed by atoms with van der Waals surface area (Å²) in [6.07, 6.45) is 5.78. The van der Waals surface area contributed by atoms with Gasteiger partial charge >= 0.3 is 11.9 Å². The van der Waals surface area contributed by atoms with E-state index in [1.165, 1.54) is 48.2 Å². The average Bonchev–Trinajstić information content (AvgIpc) is 3.29. The van der Waals surface area contributed by atoms with Crippen LogP contribution in [-0.4, -0.2) is 48.2 Å². The molecule has 0 aliphatic heterocycles. The lowest BCUT2D eigenvalue weighted by molar-refractivity contribution is -0.117. The van der Waals surface area contributed by atoms with Crippen LogP contribution in [0.2, 0.25) is 20.1 Å². The molecule has 63 heavy (non-hydrogen) atoms. The minimum atomic E-state index is -1.05. The Bertz CT molecular complexity index is 2590. The Morgan fingerprint density at radius 2 is 0.905 bits per heavy atom. The average molecular weight is 943 g/mol. The van der Waals surface area contributed by atoms with Crippen LogP contribution in [0.1, 0.15) is 43.0 Å². The van der Waals surface area contributed by atoms with Gasteiger partial charge in [0.1, 0.15) is 11.5 Å². The monoisotopic (exact) mass is 940 g/mol. The molecule has 6 aromatic rings. The Morgan fingerprint density at radius 1 is 0.540 bits per heavy atom. The third-order valence-electron chi connectivity index (χ3n) is 9.57. The third-order valence-corrected chi connectivity index (χ3v) is 12.6. The molecule has 0 fully saturated rings. The molecule has 4 N–H and O–H groups in total. The van der Waals surface area contributed by atoms with Crippen LogP contribution in [-0.2, 0) is 22.7 Å². The molecule has 0 spiro atoms. The highest BCUT2D eigenvalue weighted by Gasteiger charge is 2.23. The minimum Gasteiger partial charge on any atom is -0.496 e. The fourth-order valence-electron chi connectivity index (χ4n) is 6.35. The molecule has 6 aromatic carbocycles. The molecule has 0 aromatic heterocycles. The number of hydrogen-bond acceptors (Lipinski definition) is 7. The molecule has 6 rings (SSSR count). The van der Waals surface area contributed by atoms with Crippen LogP contribution in [0.5, 0.6) is 11.5 Å². The molecule has 0 aliphatic rings. The number of amides is 2. The van der Waals surface area contributed by atoms with Crippen molar-refractivity contribution in [3.8, 4) is 33.8 Å². The van der Waals surface area contributed by atoms with Crippen molar-refractivity contribution < 1.29 is 38.9 Å². The first-order valence-corrected chi connectivity index (χ1v) is 21.2. The van der Waals surface area contributed by atoms with Gasteiger partial charge < -0.3 is 30.3 Å². The van der Waals surface area contributed by atoms with Gasteiger partial charge in [-0.15, -0.1) is 0 Å². The lowest BCUT2D eigenvalue weighted by Crippen LogP contribution is -2.20. The van der Waals surface area contributed by atoms with E-state index < -0.39 is 23.8 Å². The second kappa shape index (κ2) is 21.2. The van der Waals surface area contributed by atoms with E-state index >= 15 is 0 Å². The van der Waals surface area contributed by atoms with Crippen molar-refractivity contribution in [3.05, 3.63) is 175 Å². The van der Waals surface area contributed by atoms with Gasteiger partial charge in [-0.05, 0) is 82.9 Å². The van der Waals surface area contributed by atoms with Crippen molar-refractivity contribution in [3.63, 3.8) is 0 Å². The number of rotatable bonds is 16. The molecule has 0 radical (unpaired) electrons. The van der Waals surface area contributed by atoms with Crippen LogP contribution in [0.15, 0.2) is 131 Å². The summed E-state index contributed by atoms with van der Waals surface area (Å²) < 4.78 is 11.4. The Morgan fingerprint density at radius 3 is 1.25 bits per heavy atom. The maximum atomic E-state index is 13.1. The highest BCUT2D eigenvalue weighted by atomic mass is 35.5. The standard InChI is InChI=1S/C48H36Cl4N2O8S/c1-61-37-9-5-3-7-31(37)35-23-39(45(51)43(49)33(35)19-21-41(55)53-25-27-11-15-29(16-12-27)47(57)58)63-40-24-36(32-8-4-6-10-38(32)62-2)34(44(50)46(40)52)20-22-42(56)54-26-28-13-17-30(18-14-28)48(59)60/h3-24H,25-26H2,1-2H3,(H,53,55)(H,54,56)(H,57,58)(H,59,60). The van der Waals surface area contributed by atoms with E-state index in [4.69, 9.17) is 55.9 Å². The molecule has 0 aliphatic carbocycles. The number of hydrogen-bond donors (Lipinski definition) is 4. The minimum absolute atomic E-state index is 0.137. The van der Waals surface area contributed by atoms with Crippen LogP contribution >= 0.6 is 58.2 Å². The highest BCUT2D eigenvalue weighted by Crippen LogP contribution is 2.50. The zero-order valence-electron chi connectivity index (χ0n) is 33.4. The van der Waals surface area contributed by atoms with Crippen molar-refractivity contribution in [2.45, 2.75) is 22.9 Å². The number of carbonyl (C=O) groups is 4. The number of carboxylic acids is 2. The zero-order valence-corrected chi connectivity index (χ0v) is 37.2. The Balaban J connectivity index is 1.35. The number of carboxylic acid groups (broad SMARTS) is 2. The van der Waals surface area contributed by atoms with Crippen molar-refractivity contribution in [2.75, 3.05) is 14.2 Å². The summed E-state index contributed by atoms with van der Waals surface area (Å²) >= 11 is 29.4. The summed E-state index contributed by atoms with van der Waals surface area (Å²) in [5.74, 6) is -1.89. The normalized spacial score (nSPS) is 11.1. The topological polar surface area (TPSA) is 151 Å². The predicted octanol–water partition coefficient (Wildman–Crippen LogP) is 11.9. The van der Waals surface area contributed by atoms with E-state index in [0.29, 0.717) is 65.8 Å². The van der Waals surface area contributed by atoms with Crippen molar-refractivity contribution in [2.24, 2.45) is 0 Å². The first-order chi connectivity index (χ1) is 30.3. The van der Waals surface area contributed by atoms with E-state index in [0.717, 1.165) is 0 Å². The number of halogens is 4. The van der Waals surface area contributed by atoms with E-state index in [-0.39, 0.29) is 44.3 Å². The molecule has 10 nitrogen and oxygen atoms in total. The van der Waals surface area contributed by atoms with Crippen molar-refractivity contribution in [1.82, 2.24) is 10.6 Å². The number of benzene rings is 6. The summed E-state index contributed by atoms with van der Waals surface area (Å²) in [6, 6.07) is 30.6. The lowest BCUT2D eigenvalue weighted by atomic mass is 9.98. The number of methoxy groups -OCH3 is 2. The Kier molecular flexibility index (Phi) is 15.6. The van der Waals surface area contributed by atoms with Gasteiger partial charge in [0.05, 0.1) is 45.4 Å². The van der Waals surface area contributed by atoms with Crippen LogP contribution in [0.25, 0.3) is 34.4 Å². The number of carbonyl (C=O) groups excluding carboxylic acids is 2. The largest absolute Gasteiger partial charge is 0.496 e. The Labute approximate surface area is 387 Å². The quantitative estimate of drug-likeness (QED) is 0.0695. The van der Waals surface area contributed by atoms with E-state index in [1.54, 1.807) is 62.8 Å².